The van der Waals surface area contributed by atoms with Gasteiger partial charge in [-0.05, 0) is 54.9 Å². The number of methoxy groups -OCH3 is 2. The summed E-state index contributed by atoms with van der Waals surface area (Å²) in [4.78, 5) is 16.7. The first kappa shape index (κ1) is 27.6. The van der Waals surface area contributed by atoms with E-state index < -0.39 is 16.6 Å². The van der Waals surface area contributed by atoms with E-state index in [0.717, 1.165) is 15.7 Å². The SMILES string of the molecule is CCN(Cc1ccsn1)C(=O)CN(c1cc(N(C)C)ccc1Cl)S(=O)(=O)c1ccc(OC)c(OC)c1. The topological polar surface area (TPSA) is 92.3 Å². The molecule has 0 atom stereocenters. The molecule has 194 valence electrons. The third kappa shape index (κ3) is 6.03. The summed E-state index contributed by atoms with van der Waals surface area (Å²) in [7, 11) is 2.31. The minimum Gasteiger partial charge on any atom is -0.493 e. The summed E-state index contributed by atoms with van der Waals surface area (Å²) < 4.78 is 43.8. The van der Waals surface area contributed by atoms with Crippen LogP contribution < -0.4 is 18.7 Å². The van der Waals surface area contributed by atoms with Gasteiger partial charge in [0.25, 0.3) is 10.0 Å². The average molecular weight is 553 g/mol. The van der Waals surface area contributed by atoms with E-state index in [1.807, 2.05) is 37.4 Å². The highest BCUT2D eigenvalue weighted by Gasteiger charge is 2.31. The number of halogens is 1. The molecular weight excluding hydrogens is 524 g/mol. The van der Waals surface area contributed by atoms with Crippen molar-refractivity contribution in [1.29, 1.82) is 0 Å². The monoisotopic (exact) mass is 552 g/mol. The van der Waals surface area contributed by atoms with E-state index in [1.165, 1.54) is 44.0 Å². The molecule has 2 aromatic carbocycles. The lowest BCUT2D eigenvalue weighted by Gasteiger charge is -2.29. The van der Waals surface area contributed by atoms with Crippen molar-refractivity contribution in [2.24, 2.45) is 0 Å². The van der Waals surface area contributed by atoms with E-state index in [1.54, 1.807) is 23.1 Å². The molecule has 0 saturated heterocycles. The highest BCUT2D eigenvalue weighted by molar-refractivity contribution is 7.92. The second kappa shape index (κ2) is 11.8. The number of benzene rings is 2. The largest absolute Gasteiger partial charge is 0.493 e. The second-order valence-corrected chi connectivity index (χ2v) is 10.9. The van der Waals surface area contributed by atoms with Gasteiger partial charge in [0.2, 0.25) is 5.91 Å². The molecule has 36 heavy (non-hydrogen) atoms. The summed E-state index contributed by atoms with van der Waals surface area (Å²) in [5.41, 5.74) is 1.65. The number of ether oxygens (including phenoxy) is 2. The van der Waals surface area contributed by atoms with Crippen molar-refractivity contribution in [2.45, 2.75) is 18.4 Å². The van der Waals surface area contributed by atoms with Gasteiger partial charge in [0.05, 0.1) is 42.1 Å². The third-order valence-corrected chi connectivity index (χ3v) is 8.19. The normalized spacial score (nSPS) is 11.2. The van der Waals surface area contributed by atoms with Gasteiger partial charge in [-0.25, -0.2) is 8.42 Å². The summed E-state index contributed by atoms with van der Waals surface area (Å²) in [6.07, 6.45) is 0. The van der Waals surface area contributed by atoms with Gasteiger partial charge >= 0.3 is 0 Å². The average Bonchev–Trinajstić information content (AvgIpc) is 3.38. The van der Waals surface area contributed by atoms with Gasteiger partial charge in [0.1, 0.15) is 6.54 Å². The molecule has 0 spiro atoms. The number of likely N-dealkylation sites (N-methyl/N-ethyl adjacent to an activating group) is 1. The van der Waals surface area contributed by atoms with Gasteiger partial charge in [-0.2, -0.15) is 4.37 Å². The van der Waals surface area contributed by atoms with Crippen LogP contribution in [-0.2, 0) is 21.4 Å². The summed E-state index contributed by atoms with van der Waals surface area (Å²) in [5.74, 6) is 0.240. The first-order chi connectivity index (χ1) is 17.1. The van der Waals surface area contributed by atoms with Crippen molar-refractivity contribution in [1.82, 2.24) is 9.27 Å². The molecule has 0 aliphatic rings. The maximum absolute atomic E-state index is 14.0. The molecule has 1 aromatic heterocycles. The fraction of sp³-hybridized carbons (Fsp3) is 0.333. The lowest BCUT2D eigenvalue weighted by Crippen LogP contribution is -2.43. The number of aromatic nitrogens is 1. The van der Waals surface area contributed by atoms with E-state index >= 15 is 0 Å². The van der Waals surface area contributed by atoms with Crippen molar-refractivity contribution in [3.8, 4) is 11.5 Å². The molecule has 1 heterocycles. The first-order valence-electron chi connectivity index (χ1n) is 11.0. The number of sulfonamides is 1. The number of rotatable bonds is 11. The minimum absolute atomic E-state index is 0.0678. The van der Waals surface area contributed by atoms with E-state index in [-0.39, 0.29) is 33.8 Å². The van der Waals surface area contributed by atoms with Crippen molar-refractivity contribution < 1.29 is 22.7 Å². The molecule has 3 aromatic rings. The van der Waals surface area contributed by atoms with Crippen LogP contribution in [0.4, 0.5) is 11.4 Å². The Morgan fingerprint density at radius 3 is 2.36 bits per heavy atom. The van der Waals surface area contributed by atoms with Gasteiger partial charge in [-0.3, -0.25) is 9.10 Å². The number of carbonyl (C=O) groups is 1. The molecule has 0 N–H and O–H groups in total. The van der Waals surface area contributed by atoms with Crippen LogP contribution in [0, 0.1) is 0 Å². The molecular formula is C24H29ClN4O5S2. The Kier molecular flexibility index (Phi) is 9.04. The zero-order valence-corrected chi connectivity index (χ0v) is 23.2. The first-order valence-corrected chi connectivity index (χ1v) is 13.7. The molecule has 3 rings (SSSR count). The molecule has 0 saturated carbocycles. The van der Waals surface area contributed by atoms with Gasteiger partial charge in [0.15, 0.2) is 11.5 Å². The second-order valence-electron chi connectivity index (χ2n) is 7.96. The van der Waals surface area contributed by atoms with Crippen LogP contribution in [-0.4, -0.2) is 65.0 Å². The maximum Gasteiger partial charge on any atom is 0.264 e. The maximum atomic E-state index is 14.0. The number of hydrogen-bond acceptors (Lipinski definition) is 8. The van der Waals surface area contributed by atoms with Crippen LogP contribution in [0.5, 0.6) is 11.5 Å². The molecule has 9 nitrogen and oxygen atoms in total. The number of anilines is 2. The Labute approximate surface area is 221 Å². The molecule has 0 unspecified atom stereocenters. The summed E-state index contributed by atoms with van der Waals surface area (Å²) >= 11 is 7.79. The van der Waals surface area contributed by atoms with Crippen molar-refractivity contribution in [3.63, 3.8) is 0 Å². The highest BCUT2D eigenvalue weighted by Crippen LogP contribution is 2.36. The Hall–Kier alpha value is -3.02. The molecule has 0 aliphatic heterocycles. The summed E-state index contributed by atoms with van der Waals surface area (Å²) in [5, 5.41) is 2.02. The smallest absolute Gasteiger partial charge is 0.264 e. The highest BCUT2D eigenvalue weighted by atomic mass is 35.5. The van der Waals surface area contributed by atoms with Gasteiger partial charge < -0.3 is 19.3 Å². The van der Waals surface area contributed by atoms with Crippen molar-refractivity contribution in [2.75, 3.05) is 50.6 Å². The lowest BCUT2D eigenvalue weighted by atomic mass is 10.2. The van der Waals surface area contributed by atoms with Crippen LogP contribution in [0.2, 0.25) is 5.02 Å². The van der Waals surface area contributed by atoms with Gasteiger partial charge in [-0.1, -0.05) is 11.6 Å². The van der Waals surface area contributed by atoms with Gasteiger partial charge in [0, 0.05) is 37.8 Å². The number of carbonyl (C=O) groups excluding carboxylic acids is 1. The molecule has 0 fully saturated rings. The Morgan fingerprint density at radius 2 is 1.78 bits per heavy atom. The van der Waals surface area contributed by atoms with Crippen LogP contribution in [0.15, 0.2) is 52.7 Å². The Morgan fingerprint density at radius 1 is 1.06 bits per heavy atom. The fourth-order valence-corrected chi connectivity index (χ4v) is 5.73. The Bertz CT molecular complexity index is 1300. The quantitative estimate of drug-likeness (QED) is 0.353. The van der Waals surface area contributed by atoms with Crippen LogP contribution in [0.1, 0.15) is 12.6 Å². The summed E-state index contributed by atoms with van der Waals surface area (Å²) in [6.45, 7) is 2.03. The molecule has 0 radical (unpaired) electrons. The number of hydrogen-bond donors (Lipinski definition) is 0. The Balaban J connectivity index is 2.09. The minimum atomic E-state index is -4.24. The van der Waals surface area contributed by atoms with Gasteiger partial charge in [-0.15, -0.1) is 0 Å². The van der Waals surface area contributed by atoms with E-state index in [4.69, 9.17) is 21.1 Å². The van der Waals surface area contributed by atoms with E-state index in [2.05, 4.69) is 4.37 Å². The van der Waals surface area contributed by atoms with Crippen molar-refractivity contribution >= 4 is 50.4 Å². The molecule has 0 aliphatic carbocycles. The zero-order valence-electron chi connectivity index (χ0n) is 20.8. The molecule has 1 amide bonds. The van der Waals surface area contributed by atoms with E-state index in [0.29, 0.717) is 12.3 Å². The lowest BCUT2D eigenvalue weighted by molar-refractivity contribution is -0.130. The predicted molar refractivity (Wildman–Crippen MR) is 143 cm³/mol. The van der Waals surface area contributed by atoms with Crippen LogP contribution in [0.3, 0.4) is 0 Å². The molecule has 12 heteroatoms. The standard InChI is InChI=1S/C24H29ClN4O5S2/c1-6-28(15-17-11-12-35-26-17)24(30)16-29(21-13-18(27(2)3)7-9-20(21)25)36(31,32)19-8-10-22(33-4)23(14-19)34-5/h7-14H,6,15-16H2,1-5H3. The predicted octanol–water partition coefficient (Wildman–Crippen LogP) is 4.12. The van der Waals surface area contributed by atoms with E-state index in [9.17, 15) is 13.2 Å². The fourth-order valence-electron chi connectivity index (χ4n) is 3.49. The summed E-state index contributed by atoms with van der Waals surface area (Å²) in [6, 6.07) is 11.1. The van der Waals surface area contributed by atoms with Crippen LogP contribution in [0.25, 0.3) is 0 Å². The number of amides is 1. The van der Waals surface area contributed by atoms with Crippen LogP contribution >= 0.6 is 23.1 Å². The van der Waals surface area contributed by atoms with Crippen molar-refractivity contribution in [3.05, 3.63) is 58.6 Å². The molecule has 0 bridgehead atoms. The number of nitrogens with zero attached hydrogens (tertiary/aromatic N) is 4. The zero-order chi connectivity index (χ0) is 26.5. The third-order valence-electron chi connectivity index (χ3n) is 5.52.